The molecule has 0 radical (unpaired) electrons. The van der Waals surface area contributed by atoms with Crippen LogP contribution in [0.15, 0.2) is 24.3 Å². The third-order valence-corrected chi connectivity index (χ3v) is 3.48. The minimum atomic E-state index is 0.237. The van der Waals surface area contributed by atoms with E-state index in [0.29, 0.717) is 5.41 Å². The molecule has 1 N–H and O–H groups in total. The lowest BCUT2D eigenvalue weighted by Crippen LogP contribution is -2.22. The highest BCUT2D eigenvalue weighted by Gasteiger charge is 2.15. The zero-order valence-electron chi connectivity index (χ0n) is 12.2. The van der Waals surface area contributed by atoms with Gasteiger partial charge in [0.1, 0.15) is 0 Å². The van der Waals surface area contributed by atoms with Gasteiger partial charge in [0.15, 0.2) is 0 Å². The number of benzene rings is 1. The second-order valence-electron chi connectivity index (χ2n) is 6.70. The Bertz CT molecular complexity index is 341. The van der Waals surface area contributed by atoms with Crippen LogP contribution in [0.4, 0.5) is 5.69 Å². The van der Waals surface area contributed by atoms with E-state index in [4.69, 9.17) is 0 Å². The summed E-state index contributed by atoms with van der Waals surface area (Å²) in [5.74, 6) is 0. The van der Waals surface area contributed by atoms with Gasteiger partial charge in [-0.05, 0) is 34.9 Å². The molecule has 0 unspecified atom stereocenters. The Morgan fingerprint density at radius 1 is 0.941 bits per heavy atom. The molecule has 17 heavy (non-hydrogen) atoms. The zero-order chi connectivity index (χ0) is 13.1. The fraction of sp³-hybridized carbons (Fsp3) is 0.625. The highest BCUT2D eigenvalue weighted by molar-refractivity contribution is 5.45. The van der Waals surface area contributed by atoms with Crippen LogP contribution in [0.3, 0.4) is 0 Å². The Morgan fingerprint density at radius 2 is 1.47 bits per heavy atom. The summed E-state index contributed by atoms with van der Waals surface area (Å²) in [6.45, 7) is 14.6. The number of anilines is 1. The summed E-state index contributed by atoms with van der Waals surface area (Å²) < 4.78 is 0. The molecule has 0 amide bonds. The summed E-state index contributed by atoms with van der Waals surface area (Å²) in [6.07, 6.45) is 1.19. The number of rotatable bonds is 4. The Hall–Kier alpha value is -0.980. The minimum absolute atomic E-state index is 0.237. The lowest BCUT2D eigenvalue weighted by atomic mass is 9.87. The average Bonchev–Trinajstić information content (AvgIpc) is 2.26. The molecule has 1 aromatic rings. The highest BCUT2D eigenvalue weighted by Crippen LogP contribution is 2.25. The summed E-state index contributed by atoms with van der Waals surface area (Å²) in [4.78, 5) is 0. The standard InChI is InChI=1S/C16H27N/c1-7-16(5,6)12-17-14-10-8-13(9-11-14)15(2,3)4/h8-11,17H,7,12H2,1-6H3. The molecule has 0 spiro atoms. The summed E-state index contributed by atoms with van der Waals surface area (Å²) in [5, 5.41) is 3.51. The van der Waals surface area contributed by atoms with E-state index in [0.717, 1.165) is 6.54 Å². The summed E-state index contributed by atoms with van der Waals surface area (Å²) in [7, 11) is 0. The Balaban J connectivity index is 2.64. The van der Waals surface area contributed by atoms with Crippen molar-refractivity contribution in [3.8, 4) is 0 Å². The Kier molecular flexibility index (Phi) is 4.24. The highest BCUT2D eigenvalue weighted by atomic mass is 14.9. The number of hydrogen-bond acceptors (Lipinski definition) is 1. The first-order chi connectivity index (χ1) is 7.74. The molecular weight excluding hydrogens is 206 g/mol. The van der Waals surface area contributed by atoms with Crippen LogP contribution in [0, 0.1) is 5.41 Å². The van der Waals surface area contributed by atoms with Crippen molar-refractivity contribution in [2.75, 3.05) is 11.9 Å². The van der Waals surface area contributed by atoms with Gasteiger partial charge in [0, 0.05) is 12.2 Å². The molecule has 0 fully saturated rings. The van der Waals surface area contributed by atoms with Crippen LogP contribution in [0.5, 0.6) is 0 Å². The van der Waals surface area contributed by atoms with E-state index in [2.05, 4.69) is 71.1 Å². The predicted molar refractivity (Wildman–Crippen MR) is 77.7 cm³/mol. The maximum atomic E-state index is 3.51. The van der Waals surface area contributed by atoms with E-state index in [1.807, 2.05) is 0 Å². The van der Waals surface area contributed by atoms with E-state index in [-0.39, 0.29) is 5.41 Å². The summed E-state index contributed by atoms with van der Waals surface area (Å²) in [5.41, 5.74) is 3.21. The molecule has 0 heterocycles. The molecule has 0 atom stereocenters. The fourth-order valence-corrected chi connectivity index (χ4v) is 1.55. The fourth-order valence-electron chi connectivity index (χ4n) is 1.55. The smallest absolute Gasteiger partial charge is 0.0340 e. The van der Waals surface area contributed by atoms with Crippen molar-refractivity contribution in [1.29, 1.82) is 0 Å². The maximum absolute atomic E-state index is 3.51. The summed E-state index contributed by atoms with van der Waals surface area (Å²) in [6, 6.07) is 8.82. The summed E-state index contributed by atoms with van der Waals surface area (Å²) >= 11 is 0. The van der Waals surface area contributed by atoms with E-state index >= 15 is 0 Å². The van der Waals surface area contributed by atoms with Crippen LogP contribution in [0.2, 0.25) is 0 Å². The van der Waals surface area contributed by atoms with Gasteiger partial charge in [-0.3, -0.25) is 0 Å². The van der Waals surface area contributed by atoms with Gasteiger partial charge in [-0.2, -0.15) is 0 Å². The molecule has 1 rings (SSSR count). The molecule has 0 saturated heterocycles. The molecule has 0 bridgehead atoms. The topological polar surface area (TPSA) is 12.0 Å². The van der Waals surface area contributed by atoms with E-state index in [1.165, 1.54) is 17.7 Å². The molecule has 0 aliphatic heterocycles. The van der Waals surface area contributed by atoms with Crippen LogP contribution < -0.4 is 5.32 Å². The van der Waals surface area contributed by atoms with Gasteiger partial charge in [-0.15, -0.1) is 0 Å². The van der Waals surface area contributed by atoms with Crippen molar-refractivity contribution >= 4 is 5.69 Å². The van der Waals surface area contributed by atoms with Crippen LogP contribution in [0.25, 0.3) is 0 Å². The third kappa shape index (κ3) is 4.41. The monoisotopic (exact) mass is 233 g/mol. The van der Waals surface area contributed by atoms with Crippen molar-refractivity contribution in [1.82, 2.24) is 0 Å². The molecule has 1 nitrogen and oxygen atoms in total. The maximum Gasteiger partial charge on any atom is 0.0340 e. The molecule has 0 aromatic heterocycles. The number of hydrogen-bond donors (Lipinski definition) is 1. The van der Waals surface area contributed by atoms with Crippen molar-refractivity contribution < 1.29 is 0 Å². The van der Waals surface area contributed by atoms with E-state index in [1.54, 1.807) is 0 Å². The van der Waals surface area contributed by atoms with Crippen molar-refractivity contribution in [3.05, 3.63) is 29.8 Å². The van der Waals surface area contributed by atoms with E-state index < -0.39 is 0 Å². The quantitative estimate of drug-likeness (QED) is 0.785. The van der Waals surface area contributed by atoms with Gasteiger partial charge in [0.25, 0.3) is 0 Å². The van der Waals surface area contributed by atoms with Crippen molar-refractivity contribution in [3.63, 3.8) is 0 Å². The molecule has 1 aromatic carbocycles. The second kappa shape index (κ2) is 5.12. The van der Waals surface area contributed by atoms with Gasteiger partial charge in [0.05, 0.1) is 0 Å². The Morgan fingerprint density at radius 3 is 1.88 bits per heavy atom. The van der Waals surface area contributed by atoms with Crippen LogP contribution in [-0.4, -0.2) is 6.54 Å². The number of nitrogens with one attached hydrogen (secondary N) is 1. The van der Waals surface area contributed by atoms with Crippen molar-refractivity contribution in [2.45, 2.75) is 53.4 Å². The van der Waals surface area contributed by atoms with E-state index in [9.17, 15) is 0 Å². The van der Waals surface area contributed by atoms with Crippen LogP contribution >= 0.6 is 0 Å². The lowest BCUT2D eigenvalue weighted by molar-refractivity contribution is 0.377. The first kappa shape index (κ1) is 14.1. The normalized spacial score (nSPS) is 12.6. The minimum Gasteiger partial charge on any atom is -0.385 e. The van der Waals surface area contributed by atoms with Gasteiger partial charge in [-0.25, -0.2) is 0 Å². The third-order valence-electron chi connectivity index (χ3n) is 3.48. The first-order valence-corrected chi connectivity index (χ1v) is 6.59. The van der Waals surface area contributed by atoms with Crippen LogP contribution in [-0.2, 0) is 5.41 Å². The molecule has 1 heteroatoms. The molecule has 96 valence electrons. The van der Waals surface area contributed by atoms with Crippen molar-refractivity contribution in [2.24, 2.45) is 5.41 Å². The van der Waals surface area contributed by atoms with Gasteiger partial charge < -0.3 is 5.32 Å². The predicted octanol–water partition coefficient (Wildman–Crippen LogP) is 4.83. The second-order valence-corrected chi connectivity index (χ2v) is 6.70. The largest absolute Gasteiger partial charge is 0.385 e. The Labute approximate surface area is 107 Å². The van der Waals surface area contributed by atoms with Crippen LogP contribution in [0.1, 0.15) is 53.5 Å². The molecule has 0 aliphatic carbocycles. The van der Waals surface area contributed by atoms with Gasteiger partial charge in [-0.1, -0.05) is 53.7 Å². The molecule has 0 aliphatic rings. The zero-order valence-corrected chi connectivity index (χ0v) is 12.2. The SMILES string of the molecule is CCC(C)(C)CNc1ccc(C(C)(C)C)cc1. The van der Waals surface area contributed by atoms with Gasteiger partial charge in [0.2, 0.25) is 0 Å². The van der Waals surface area contributed by atoms with Gasteiger partial charge >= 0.3 is 0 Å². The lowest BCUT2D eigenvalue weighted by Gasteiger charge is -2.24. The molecular formula is C16H27N. The first-order valence-electron chi connectivity index (χ1n) is 6.59. The average molecular weight is 233 g/mol. The molecule has 0 saturated carbocycles.